The number of nitrogens with zero attached hydrogens (tertiary/aromatic N) is 2. The predicted octanol–water partition coefficient (Wildman–Crippen LogP) is 2.43. The van der Waals surface area contributed by atoms with Gasteiger partial charge in [0.25, 0.3) is 0 Å². The monoisotopic (exact) mass is 310 g/mol. The Morgan fingerprint density at radius 3 is 2.95 bits per heavy atom. The Labute approximate surface area is 130 Å². The van der Waals surface area contributed by atoms with E-state index in [1.54, 1.807) is 18.3 Å². The average Bonchev–Trinajstić information content (AvgIpc) is 2.87. The fraction of sp³-hybridized carbons (Fsp3) is 0.400. The molecule has 1 aromatic heterocycles. The number of piperazine rings is 1. The first-order valence-corrected chi connectivity index (χ1v) is 6.97. The van der Waals surface area contributed by atoms with Crippen LogP contribution in [0.1, 0.15) is 12.5 Å². The van der Waals surface area contributed by atoms with Crippen molar-refractivity contribution in [3.63, 3.8) is 0 Å². The van der Waals surface area contributed by atoms with E-state index in [0.29, 0.717) is 11.6 Å². The first kappa shape index (κ1) is 15.9. The molecule has 1 aromatic carbocycles. The second kappa shape index (κ2) is 7.02. The third kappa shape index (κ3) is 3.61. The summed E-state index contributed by atoms with van der Waals surface area (Å²) in [6, 6.07) is 7.30. The first-order valence-electron chi connectivity index (χ1n) is 6.97. The minimum Gasteiger partial charge on any atom is -0.312 e. The Bertz CT molecular complexity index is 587. The molecule has 6 heteroatoms. The molecule has 1 aliphatic heterocycles. The van der Waals surface area contributed by atoms with Gasteiger partial charge in [-0.2, -0.15) is 5.10 Å². The third-order valence-corrected chi connectivity index (χ3v) is 3.71. The summed E-state index contributed by atoms with van der Waals surface area (Å²) in [7, 11) is 0. The van der Waals surface area contributed by atoms with Crippen LogP contribution < -0.4 is 5.32 Å². The van der Waals surface area contributed by atoms with Gasteiger partial charge in [-0.05, 0) is 19.1 Å². The fourth-order valence-corrected chi connectivity index (χ4v) is 2.72. The van der Waals surface area contributed by atoms with Gasteiger partial charge in [0, 0.05) is 43.3 Å². The maximum Gasteiger partial charge on any atom is 0.132 e. The van der Waals surface area contributed by atoms with E-state index < -0.39 is 0 Å². The Morgan fingerprint density at radius 2 is 2.19 bits per heavy atom. The molecule has 0 bridgehead atoms. The van der Waals surface area contributed by atoms with Crippen LogP contribution in [-0.2, 0) is 6.54 Å². The van der Waals surface area contributed by atoms with Crippen molar-refractivity contribution in [1.82, 2.24) is 20.4 Å². The minimum absolute atomic E-state index is 0. The lowest BCUT2D eigenvalue weighted by molar-refractivity contribution is 0.200. The molecule has 0 amide bonds. The summed E-state index contributed by atoms with van der Waals surface area (Å²) in [5, 5.41) is 10.4. The van der Waals surface area contributed by atoms with Crippen molar-refractivity contribution < 1.29 is 4.39 Å². The Balaban J connectivity index is 0.00000161. The summed E-state index contributed by atoms with van der Waals surface area (Å²) in [5.41, 5.74) is 2.42. The second-order valence-corrected chi connectivity index (χ2v) is 5.34. The number of nitrogens with one attached hydrogen (secondary N) is 2. The molecule has 2 aromatic rings. The quantitative estimate of drug-likeness (QED) is 0.915. The summed E-state index contributed by atoms with van der Waals surface area (Å²) < 4.78 is 13.9. The van der Waals surface area contributed by atoms with Crippen LogP contribution >= 0.6 is 12.4 Å². The number of aromatic amines is 1. The number of hydrogen-bond donors (Lipinski definition) is 2. The summed E-state index contributed by atoms with van der Waals surface area (Å²) >= 11 is 0. The number of rotatable bonds is 3. The molecular formula is C15H20ClFN4. The SMILES string of the molecule is C[C@@H]1CN(Cc2cn[nH]c2-c2ccccc2F)CCN1.Cl. The highest BCUT2D eigenvalue weighted by Gasteiger charge is 2.18. The molecule has 2 N–H and O–H groups in total. The van der Waals surface area contributed by atoms with Crippen molar-refractivity contribution in [1.29, 1.82) is 0 Å². The smallest absolute Gasteiger partial charge is 0.132 e. The summed E-state index contributed by atoms with van der Waals surface area (Å²) in [4.78, 5) is 2.37. The standard InChI is InChI=1S/C15H19FN4.ClH/c1-11-9-20(7-6-17-11)10-12-8-18-19-15(12)13-4-2-3-5-14(13)16;/h2-5,8,11,17H,6-7,9-10H2,1H3,(H,18,19);1H/t11-;/m1./s1. The summed E-state index contributed by atoms with van der Waals surface area (Å²) in [6.07, 6.45) is 1.80. The maximum atomic E-state index is 13.9. The highest BCUT2D eigenvalue weighted by Crippen LogP contribution is 2.25. The number of benzene rings is 1. The van der Waals surface area contributed by atoms with Crippen molar-refractivity contribution in [3.8, 4) is 11.3 Å². The van der Waals surface area contributed by atoms with Crippen LogP contribution in [0.3, 0.4) is 0 Å². The van der Waals surface area contributed by atoms with Gasteiger partial charge in [-0.15, -0.1) is 12.4 Å². The van der Waals surface area contributed by atoms with Crippen molar-refractivity contribution in [2.24, 2.45) is 0 Å². The van der Waals surface area contributed by atoms with Crippen LogP contribution in [0.25, 0.3) is 11.3 Å². The van der Waals surface area contributed by atoms with Gasteiger partial charge in [-0.3, -0.25) is 10.00 Å². The van der Waals surface area contributed by atoms with Crippen molar-refractivity contribution in [2.75, 3.05) is 19.6 Å². The van der Waals surface area contributed by atoms with E-state index in [4.69, 9.17) is 0 Å². The van der Waals surface area contributed by atoms with Gasteiger partial charge in [0.2, 0.25) is 0 Å². The van der Waals surface area contributed by atoms with Crippen molar-refractivity contribution in [3.05, 3.63) is 41.8 Å². The van der Waals surface area contributed by atoms with Crippen molar-refractivity contribution >= 4 is 12.4 Å². The predicted molar refractivity (Wildman–Crippen MR) is 84.0 cm³/mol. The van der Waals surface area contributed by atoms with Crippen LogP contribution in [0.2, 0.25) is 0 Å². The molecule has 1 saturated heterocycles. The molecular weight excluding hydrogens is 291 g/mol. The molecule has 0 unspecified atom stereocenters. The molecule has 21 heavy (non-hydrogen) atoms. The lowest BCUT2D eigenvalue weighted by atomic mass is 10.1. The van der Waals surface area contributed by atoms with Gasteiger partial charge >= 0.3 is 0 Å². The number of aromatic nitrogens is 2. The lowest BCUT2D eigenvalue weighted by Crippen LogP contribution is -2.48. The zero-order chi connectivity index (χ0) is 13.9. The van der Waals surface area contributed by atoms with Gasteiger partial charge in [-0.1, -0.05) is 12.1 Å². The van der Waals surface area contributed by atoms with E-state index in [-0.39, 0.29) is 18.2 Å². The minimum atomic E-state index is -0.216. The zero-order valence-electron chi connectivity index (χ0n) is 12.0. The third-order valence-electron chi connectivity index (χ3n) is 3.71. The normalized spacial score (nSPS) is 19.2. The molecule has 1 aliphatic rings. The average molecular weight is 311 g/mol. The van der Waals surface area contributed by atoms with Crippen LogP contribution in [0.5, 0.6) is 0 Å². The zero-order valence-corrected chi connectivity index (χ0v) is 12.8. The first-order chi connectivity index (χ1) is 9.74. The highest BCUT2D eigenvalue weighted by molar-refractivity contribution is 5.85. The van der Waals surface area contributed by atoms with E-state index in [2.05, 4.69) is 27.3 Å². The Morgan fingerprint density at radius 1 is 1.38 bits per heavy atom. The summed E-state index contributed by atoms with van der Waals surface area (Å²) in [6.45, 7) is 5.98. The van der Waals surface area contributed by atoms with E-state index in [9.17, 15) is 4.39 Å². The van der Waals surface area contributed by atoms with Crippen LogP contribution in [0, 0.1) is 5.82 Å². The van der Waals surface area contributed by atoms with Gasteiger partial charge in [0.05, 0.1) is 11.9 Å². The van der Waals surface area contributed by atoms with Crippen LogP contribution in [0.15, 0.2) is 30.5 Å². The van der Waals surface area contributed by atoms with E-state index >= 15 is 0 Å². The fourth-order valence-electron chi connectivity index (χ4n) is 2.72. The van der Waals surface area contributed by atoms with E-state index in [0.717, 1.165) is 37.4 Å². The van der Waals surface area contributed by atoms with Crippen molar-refractivity contribution in [2.45, 2.75) is 19.5 Å². The van der Waals surface area contributed by atoms with Gasteiger partial charge in [0.15, 0.2) is 0 Å². The van der Waals surface area contributed by atoms with Crippen LogP contribution in [0.4, 0.5) is 4.39 Å². The Hall–Kier alpha value is -1.43. The van der Waals surface area contributed by atoms with Gasteiger partial charge in [-0.25, -0.2) is 4.39 Å². The molecule has 0 saturated carbocycles. The highest BCUT2D eigenvalue weighted by atomic mass is 35.5. The molecule has 0 spiro atoms. The molecule has 1 fully saturated rings. The van der Waals surface area contributed by atoms with Gasteiger partial charge < -0.3 is 5.32 Å². The van der Waals surface area contributed by atoms with Crippen LogP contribution in [-0.4, -0.2) is 40.8 Å². The maximum absolute atomic E-state index is 13.9. The number of H-pyrrole nitrogens is 1. The molecule has 3 rings (SSSR count). The molecule has 4 nitrogen and oxygen atoms in total. The molecule has 2 heterocycles. The molecule has 0 aliphatic carbocycles. The van der Waals surface area contributed by atoms with E-state index in [1.807, 2.05) is 6.07 Å². The lowest BCUT2D eigenvalue weighted by Gasteiger charge is -2.31. The topological polar surface area (TPSA) is 44.0 Å². The largest absolute Gasteiger partial charge is 0.312 e. The Kier molecular flexibility index (Phi) is 5.33. The number of halogens is 2. The summed E-state index contributed by atoms with van der Waals surface area (Å²) in [5.74, 6) is -0.216. The van der Waals surface area contributed by atoms with Gasteiger partial charge in [0.1, 0.15) is 5.82 Å². The molecule has 1 atom stereocenters. The number of hydrogen-bond acceptors (Lipinski definition) is 3. The van der Waals surface area contributed by atoms with E-state index in [1.165, 1.54) is 6.07 Å². The second-order valence-electron chi connectivity index (χ2n) is 5.34. The molecule has 0 radical (unpaired) electrons. The molecule has 114 valence electrons.